The van der Waals surface area contributed by atoms with Crippen molar-refractivity contribution in [3.05, 3.63) is 40.3 Å². The number of amides is 1. The molecule has 1 heterocycles. The summed E-state index contributed by atoms with van der Waals surface area (Å²) in [5.41, 5.74) is 2.38. The molecule has 2 nitrogen and oxygen atoms in total. The molecule has 0 spiro atoms. The Morgan fingerprint density at radius 2 is 1.91 bits per heavy atom. The van der Waals surface area contributed by atoms with E-state index in [0.29, 0.717) is 6.04 Å². The van der Waals surface area contributed by atoms with Crippen LogP contribution in [0.1, 0.15) is 50.2 Å². The maximum Gasteiger partial charge on any atom is 0.266 e. The van der Waals surface area contributed by atoms with Crippen LogP contribution in [0.5, 0.6) is 0 Å². The fourth-order valence-corrected chi connectivity index (χ4v) is 4.54. The Bertz CT molecular complexity index is 600. The van der Waals surface area contributed by atoms with Gasteiger partial charge in [-0.05, 0) is 36.5 Å². The van der Waals surface area contributed by atoms with E-state index in [1.54, 1.807) is 0 Å². The average molecular weight is 332 g/mol. The van der Waals surface area contributed by atoms with Crippen molar-refractivity contribution >= 4 is 40.3 Å². The molecule has 1 aliphatic heterocycles. The molecule has 1 saturated carbocycles. The summed E-state index contributed by atoms with van der Waals surface area (Å²) in [6.07, 6.45) is 8.88. The Labute approximate surface area is 142 Å². The van der Waals surface area contributed by atoms with Gasteiger partial charge in [0.1, 0.15) is 4.32 Å². The van der Waals surface area contributed by atoms with Gasteiger partial charge in [0, 0.05) is 6.04 Å². The zero-order valence-corrected chi connectivity index (χ0v) is 14.5. The number of carbonyl (C=O) groups is 1. The van der Waals surface area contributed by atoms with Crippen LogP contribution in [0, 0.1) is 0 Å². The van der Waals surface area contributed by atoms with Crippen LogP contribution in [0.4, 0.5) is 0 Å². The van der Waals surface area contributed by atoms with Crippen molar-refractivity contribution in [1.82, 2.24) is 4.90 Å². The third-order valence-corrected chi connectivity index (χ3v) is 5.78. The molecule has 1 amide bonds. The molecular weight excluding hydrogens is 310 g/mol. The Balaban J connectivity index is 1.78. The highest BCUT2D eigenvalue weighted by atomic mass is 32.2. The molecule has 1 saturated heterocycles. The summed E-state index contributed by atoms with van der Waals surface area (Å²) in [6.45, 7) is 2.14. The lowest BCUT2D eigenvalue weighted by molar-refractivity contribution is -0.124. The van der Waals surface area contributed by atoms with Crippen LogP contribution in [0.2, 0.25) is 0 Å². The highest BCUT2D eigenvalue weighted by molar-refractivity contribution is 8.26. The van der Waals surface area contributed by atoms with E-state index in [4.69, 9.17) is 12.2 Å². The molecule has 0 N–H and O–H groups in total. The van der Waals surface area contributed by atoms with Crippen LogP contribution in [0.25, 0.3) is 6.08 Å². The van der Waals surface area contributed by atoms with Gasteiger partial charge >= 0.3 is 0 Å². The second-order valence-corrected chi connectivity index (χ2v) is 7.61. The standard InChI is InChI=1S/C18H21NOS2/c1-2-13-8-10-14(11-9-13)12-16-17(20)19(18(21)22-16)15-6-4-3-5-7-15/h8-12,15H,2-7H2,1H3/b16-12+. The van der Waals surface area contributed by atoms with E-state index >= 15 is 0 Å². The quantitative estimate of drug-likeness (QED) is 0.587. The second-order valence-electron chi connectivity index (χ2n) is 5.94. The number of hydrogen-bond donors (Lipinski definition) is 0. The molecule has 22 heavy (non-hydrogen) atoms. The van der Waals surface area contributed by atoms with Crippen LogP contribution in [-0.2, 0) is 11.2 Å². The van der Waals surface area contributed by atoms with Gasteiger partial charge in [-0.1, -0.05) is 74.4 Å². The van der Waals surface area contributed by atoms with Crippen LogP contribution < -0.4 is 0 Å². The smallest absolute Gasteiger partial charge is 0.266 e. The summed E-state index contributed by atoms with van der Waals surface area (Å²) in [5.74, 6) is 0.0986. The van der Waals surface area contributed by atoms with Gasteiger partial charge in [-0.2, -0.15) is 0 Å². The number of aryl methyl sites for hydroxylation is 1. The Kier molecular flexibility index (Phi) is 4.99. The minimum absolute atomic E-state index is 0.0986. The fourth-order valence-electron chi connectivity index (χ4n) is 3.13. The molecule has 1 aromatic rings. The molecule has 116 valence electrons. The first-order chi connectivity index (χ1) is 10.7. The van der Waals surface area contributed by atoms with E-state index in [2.05, 4.69) is 31.2 Å². The lowest BCUT2D eigenvalue weighted by Crippen LogP contribution is -2.39. The average Bonchev–Trinajstić information content (AvgIpc) is 2.83. The van der Waals surface area contributed by atoms with Crippen molar-refractivity contribution in [2.45, 2.75) is 51.5 Å². The highest BCUT2D eigenvalue weighted by Crippen LogP contribution is 2.37. The van der Waals surface area contributed by atoms with Gasteiger partial charge < -0.3 is 0 Å². The zero-order chi connectivity index (χ0) is 15.5. The molecule has 2 aliphatic rings. The number of carbonyl (C=O) groups excluding carboxylic acids is 1. The van der Waals surface area contributed by atoms with E-state index in [1.807, 2.05) is 11.0 Å². The van der Waals surface area contributed by atoms with Gasteiger partial charge in [0.15, 0.2) is 0 Å². The molecule has 0 atom stereocenters. The molecule has 0 radical (unpaired) electrons. The second kappa shape index (κ2) is 6.97. The molecule has 1 aromatic carbocycles. The van der Waals surface area contributed by atoms with Crippen molar-refractivity contribution in [3.63, 3.8) is 0 Å². The number of thioether (sulfide) groups is 1. The van der Waals surface area contributed by atoms with Crippen LogP contribution in [0.15, 0.2) is 29.2 Å². The topological polar surface area (TPSA) is 20.3 Å². The lowest BCUT2D eigenvalue weighted by Gasteiger charge is -2.29. The van der Waals surface area contributed by atoms with E-state index in [9.17, 15) is 4.79 Å². The summed E-state index contributed by atoms with van der Waals surface area (Å²) in [6, 6.07) is 8.70. The van der Waals surface area contributed by atoms with E-state index in [1.165, 1.54) is 36.6 Å². The summed E-state index contributed by atoms with van der Waals surface area (Å²) >= 11 is 6.91. The largest absolute Gasteiger partial charge is 0.290 e. The summed E-state index contributed by atoms with van der Waals surface area (Å²) in [5, 5.41) is 0. The Morgan fingerprint density at radius 1 is 1.23 bits per heavy atom. The van der Waals surface area contributed by atoms with E-state index in [0.717, 1.165) is 34.1 Å². The number of rotatable bonds is 3. The maximum absolute atomic E-state index is 12.7. The lowest BCUT2D eigenvalue weighted by atomic mass is 9.94. The third-order valence-electron chi connectivity index (χ3n) is 4.45. The van der Waals surface area contributed by atoms with E-state index in [-0.39, 0.29) is 5.91 Å². The molecule has 1 aliphatic carbocycles. The first-order valence-corrected chi connectivity index (χ1v) is 9.27. The predicted molar refractivity (Wildman–Crippen MR) is 97.7 cm³/mol. The molecule has 2 fully saturated rings. The molecule has 0 bridgehead atoms. The number of benzene rings is 1. The normalized spacial score (nSPS) is 21.9. The molecule has 0 unspecified atom stereocenters. The number of thiocarbonyl (C=S) groups is 1. The molecular formula is C18H21NOS2. The van der Waals surface area contributed by atoms with Gasteiger partial charge in [0.05, 0.1) is 4.91 Å². The molecule has 4 heteroatoms. The minimum Gasteiger partial charge on any atom is -0.290 e. The van der Waals surface area contributed by atoms with Crippen LogP contribution >= 0.6 is 24.0 Å². The summed E-state index contributed by atoms with van der Waals surface area (Å²) < 4.78 is 0.730. The first-order valence-electron chi connectivity index (χ1n) is 8.05. The van der Waals surface area contributed by atoms with Crippen molar-refractivity contribution in [3.8, 4) is 0 Å². The summed E-state index contributed by atoms with van der Waals surface area (Å²) in [4.78, 5) is 15.3. The SMILES string of the molecule is CCc1ccc(/C=C2/SC(=S)N(C3CCCCC3)C2=O)cc1. The van der Waals surface area contributed by atoms with Crippen molar-refractivity contribution < 1.29 is 4.79 Å². The maximum atomic E-state index is 12.7. The molecule has 0 aromatic heterocycles. The predicted octanol–water partition coefficient (Wildman–Crippen LogP) is 4.78. The van der Waals surface area contributed by atoms with Crippen molar-refractivity contribution in [2.75, 3.05) is 0 Å². The van der Waals surface area contributed by atoms with Crippen molar-refractivity contribution in [1.29, 1.82) is 0 Å². The summed E-state index contributed by atoms with van der Waals surface area (Å²) in [7, 11) is 0. The minimum atomic E-state index is 0.0986. The van der Waals surface area contributed by atoms with Crippen LogP contribution in [-0.4, -0.2) is 21.2 Å². The fraction of sp³-hybridized carbons (Fsp3) is 0.444. The first kappa shape index (κ1) is 15.8. The third kappa shape index (κ3) is 3.28. The highest BCUT2D eigenvalue weighted by Gasteiger charge is 2.37. The van der Waals surface area contributed by atoms with Crippen LogP contribution in [0.3, 0.4) is 0 Å². The Hall–Kier alpha value is -1.13. The monoisotopic (exact) mass is 331 g/mol. The van der Waals surface area contributed by atoms with Crippen molar-refractivity contribution in [2.24, 2.45) is 0 Å². The molecule has 3 rings (SSSR count). The van der Waals surface area contributed by atoms with E-state index < -0.39 is 0 Å². The zero-order valence-electron chi connectivity index (χ0n) is 12.9. The Morgan fingerprint density at radius 3 is 2.55 bits per heavy atom. The van der Waals surface area contributed by atoms with Gasteiger partial charge in [-0.25, -0.2) is 0 Å². The van der Waals surface area contributed by atoms with Gasteiger partial charge in [0.25, 0.3) is 5.91 Å². The number of nitrogens with zero attached hydrogens (tertiary/aromatic N) is 1. The van der Waals surface area contributed by atoms with Gasteiger partial charge in [-0.15, -0.1) is 0 Å². The van der Waals surface area contributed by atoms with Gasteiger partial charge in [-0.3, -0.25) is 9.69 Å². The van der Waals surface area contributed by atoms with Gasteiger partial charge in [0.2, 0.25) is 0 Å². The number of hydrogen-bond acceptors (Lipinski definition) is 3.